The highest BCUT2D eigenvalue weighted by molar-refractivity contribution is 5.99. The van der Waals surface area contributed by atoms with Crippen molar-refractivity contribution in [2.75, 3.05) is 13.7 Å². The van der Waals surface area contributed by atoms with Gasteiger partial charge in [0.15, 0.2) is 0 Å². The Balaban J connectivity index is 2.24. The number of methoxy groups -OCH3 is 1. The van der Waals surface area contributed by atoms with Gasteiger partial charge in [0.05, 0.1) is 7.11 Å². The molecule has 5 heteroatoms. The summed E-state index contributed by atoms with van der Waals surface area (Å²) in [5.41, 5.74) is 1.80. The molecule has 1 aliphatic rings. The van der Waals surface area contributed by atoms with Crippen molar-refractivity contribution >= 4 is 11.9 Å². The quantitative estimate of drug-likeness (QED) is 0.809. The monoisotopic (exact) mass is 276 g/mol. The number of carbonyl (C=O) groups is 2. The number of esters is 1. The van der Waals surface area contributed by atoms with Crippen molar-refractivity contribution in [2.24, 2.45) is 0 Å². The summed E-state index contributed by atoms with van der Waals surface area (Å²) in [6.07, 6.45) is 0.817. The van der Waals surface area contributed by atoms with E-state index in [1.807, 2.05) is 12.1 Å². The molecule has 20 heavy (non-hydrogen) atoms. The van der Waals surface area contributed by atoms with Crippen LogP contribution in [-0.2, 0) is 22.5 Å². The average molecular weight is 276 g/mol. The van der Waals surface area contributed by atoms with Crippen LogP contribution in [0.4, 0.5) is 0 Å². The number of hydrogen-bond donors (Lipinski definition) is 2. The van der Waals surface area contributed by atoms with Gasteiger partial charge in [-0.3, -0.25) is 4.79 Å². The Morgan fingerprint density at radius 1 is 1.35 bits per heavy atom. The largest absolute Gasteiger partial charge is 0.467 e. The van der Waals surface area contributed by atoms with E-state index in [2.05, 4.69) is 10.6 Å². The van der Waals surface area contributed by atoms with Gasteiger partial charge in [-0.25, -0.2) is 4.79 Å². The molecule has 0 spiro atoms. The average Bonchev–Trinajstić information content (AvgIpc) is 2.45. The van der Waals surface area contributed by atoms with E-state index in [0.29, 0.717) is 5.56 Å². The highest BCUT2D eigenvalue weighted by Crippen LogP contribution is 2.19. The first-order chi connectivity index (χ1) is 9.45. The smallest absolute Gasteiger partial charge is 0.330 e. The predicted molar refractivity (Wildman–Crippen MR) is 75.4 cm³/mol. The van der Waals surface area contributed by atoms with Gasteiger partial charge in [-0.2, -0.15) is 0 Å². The van der Waals surface area contributed by atoms with Gasteiger partial charge in [-0.05, 0) is 44.0 Å². The molecular weight excluding hydrogens is 256 g/mol. The SMILES string of the molecule is COC(=O)C(C)(C)NC(=O)c1cccc2c1CCNC2. The fourth-order valence-electron chi connectivity index (χ4n) is 2.40. The fraction of sp³-hybridized carbons (Fsp3) is 0.467. The maximum Gasteiger partial charge on any atom is 0.330 e. The lowest BCUT2D eigenvalue weighted by Gasteiger charge is -2.25. The molecule has 1 aromatic carbocycles. The molecule has 0 atom stereocenters. The molecule has 0 saturated carbocycles. The number of nitrogens with one attached hydrogen (secondary N) is 2. The maximum absolute atomic E-state index is 12.4. The first-order valence-electron chi connectivity index (χ1n) is 6.68. The van der Waals surface area contributed by atoms with E-state index < -0.39 is 11.5 Å². The highest BCUT2D eigenvalue weighted by Gasteiger charge is 2.31. The van der Waals surface area contributed by atoms with Crippen LogP contribution in [0.5, 0.6) is 0 Å². The number of hydrogen-bond acceptors (Lipinski definition) is 4. The summed E-state index contributed by atoms with van der Waals surface area (Å²) in [6, 6.07) is 5.68. The molecule has 2 rings (SSSR count). The van der Waals surface area contributed by atoms with Gasteiger partial charge in [0.2, 0.25) is 0 Å². The van der Waals surface area contributed by atoms with E-state index in [1.54, 1.807) is 19.9 Å². The summed E-state index contributed by atoms with van der Waals surface area (Å²) in [6.45, 7) is 4.90. The first kappa shape index (κ1) is 14.5. The zero-order valence-corrected chi connectivity index (χ0v) is 12.1. The van der Waals surface area contributed by atoms with Crippen LogP contribution in [-0.4, -0.2) is 31.1 Å². The van der Waals surface area contributed by atoms with Crippen molar-refractivity contribution in [2.45, 2.75) is 32.4 Å². The van der Waals surface area contributed by atoms with Gasteiger partial charge in [-0.15, -0.1) is 0 Å². The molecule has 108 valence electrons. The number of rotatable bonds is 3. The summed E-state index contributed by atoms with van der Waals surface area (Å²) < 4.78 is 4.70. The summed E-state index contributed by atoms with van der Waals surface area (Å²) in [4.78, 5) is 24.1. The van der Waals surface area contributed by atoms with Gasteiger partial charge >= 0.3 is 5.97 Å². The Kier molecular flexibility index (Phi) is 4.09. The molecule has 0 fully saturated rings. The second-order valence-electron chi connectivity index (χ2n) is 5.44. The van der Waals surface area contributed by atoms with Crippen LogP contribution >= 0.6 is 0 Å². The van der Waals surface area contributed by atoms with Crippen LogP contribution < -0.4 is 10.6 Å². The summed E-state index contributed by atoms with van der Waals surface area (Å²) >= 11 is 0. The maximum atomic E-state index is 12.4. The zero-order valence-electron chi connectivity index (χ0n) is 12.1. The number of fused-ring (bicyclic) bond motifs is 1. The van der Waals surface area contributed by atoms with Crippen molar-refractivity contribution in [1.82, 2.24) is 10.6 Å². The lowest BCUT2D eigenvalue weighted by Crippen LogP contribution is -2.50. The van der Waals surface area contributed by atoms with E-state index in [-0.39, 0.29) is 5.91 Å². The molecule has 0 radical (unpaired) electrons. The van der Waals surface area contributed by atoms with E-state index >= 15 is 0 Å². The number of benzene rings is 1. The van der Waals surface area contributed by atoms with Crippen LogP contribution in [0.3, 0.4) is 0 Å². The van der Waals surface area contributed by atoms with Crippen molar-refractivity contribution < 1.29 is 14.3 Å². The predicted octanol–water partition coefficient (Wildman–Crippen LogP) is 1.01. The standard InChI is InChI=1S/C15H20N2O3/c1-15(2,14(19)20-3)17-13(18)12-6-4-5-10-9-16-8-7-11(10)12/h4-6,16H,7-9H2,1-3H3,(H,17,18). The Bertz CT molecular complexity index is 538. The van der Waals surface area contributed by atoms with Crippen LogP contribution in [0.25, 0.3) is 0 Å². The Morgan fingerprint density at radius 2 is 2.10 bits per heavy atom. The van der Waals surface area contributed by atoms with Gasteiger partial charge in [0.1, 0.15) is 5.54 Å². The van der Waals surface area contributed by atoms with Gasteiger partial charge in [0, 0.05) is 12.1 Å². The lowest BCUT2D eigenvalue weighted by molar-refractivity contribution is -0.146. The summed E-state index contributed by atoms with van der Waals surface area (Å²) in [7, 11) is 1.31. The number of amides is 1. The topological polar surface area (TPSA) is 67.4 Å². The van der Waals surface area contributed by atoms with Crippen LogP contribution in [0.2, 0.25) is 0 Å². The summed E-state index contributed by atoms with van der Waals surface area (Å²) in [5, 5.41) is 6.02. The van der Waals surface area contributed by atoms with Crippen LogP contribution in [0.1, 0.15) is 35.3 Å². The van der Waals surface area contributed by atoms with Gasteiger partial charge in [0.25, 0.3) is 5.91 Å². The van der Waals surface area contributed by atoms with Crippen LogP contribution in [0, 0.1) is 0 Å². The highest BCUT2D eigenvalue weighted by atomic mass is 16.5. The van der Waals surface area contributed by atoms with E-state index in [9.17, 15) is 9.59 Å². The minimum atomic E-state index is -1.04. The Hall–Kier alpha value is -1.88. The van der Waals surface area contributed by atoms with Crippen LogP contribution in [0.15, 0.2) is 18.2 Å². The molecule has 1 heterocycles. The normalized spacial score (nSPS) is 14.3. The number of ether oxygens (including phenoxy) is 1. The molecule has 0 aromatic heterocycles. The number of carbonyl (C=O) groups excluding carboxylic acids is 2. The molecule has 2 N–H and O–H groups in total. The van der Waals surface area contributed by atoms with E-state index in [1.165, 1.54) is 7.11 Å². The van der Waals surface area contributed by atoms with Crippen molar-refractivity contribution in [3.8, 4) is 0 Å². The Morgan fingerprint density at radius 3 is 2.80 bits per heavy atom. The van der Waals surface area contributed by atoms with Crippen molar-refractivity contribution in [3.63, 3.8) is 0 Å². The minimum absolute atomic E-state index is 0.237. The molecule has 1 amide bonds. The van der Waals surface area contributed by atoms with Crippen molar-refractivity contribution in [1.29, 1.82) is 0 Å². The first-order valence-corrected chi connectivity index (χ1v) is 6.68. The molecule has 0 saturated heterocycles. The molecule has 0 unspecified atom stereocenters. The fourth-order valence-corrected chi connectivity index (χ4v) is 2.40. The van der Waals surface area contributed by atoms with Gasteiger partial charge in [-0.1, -0.05) is 12.1 Å². The van der Waals surface area contributed by atoms with Gasteiger partial charge < -0.3 is 15.4 Å². The zero-order chi connectivity index (χ0) is 14.8. The van der Waals surface area contributed by atoms with Crippen molar-refractivity contribution in [3.05, 3.63) is 34.9 Å². The lowest BCUT2D eigenvalue weighted by atomic mass is 9.94. The third-order valence-corrected chi connectivity index (χ3v) is 3.51. The second kappa shape index (κ2) is 5.63. The molecular formula is C15H20N2O3. The summed E-state index contributed by atoms with van der Waals surface area (Å²) in [5.74, 6) is -0.698. The molecule has 0 bridgehead atoms. The Labute approximate surface area is 118 Å². The molecule has 1 aromatic rings. The third kappa shape index (κ3) is 2.82. The van der Waals surface area contributed by atoms with E-state index in [4.69, 9.17) is 4.74 Å². The molecule has 1 aliphatic heterocycles. The van der Waals surface area contributed by atoms with E-state index in [0.717, 1.165) is 30.6 Å². The minimum Gasteiger partial charge on any atom is -0.467 e. The molecule has 0 aliphatic carbocycles. The third-order valence-electron chi connectivity index (χ3n) is 3.51. The molecule has 5 nitrogen and oxygen atoms in total. The second-order valence-corrected chi connectivity index (χ2v) is 5.44.